The Morgan fingerprint density at radius 2 is 1.21 bits per heavy atom. The number of ether oxygens (including phenoxy) is 4. The fourth-order valence-electron chi connectivity index (χ4n) is 4.17. The quantitative estimate of drug-likeness (QED) is 0.109. The molecule has 0 saturated carbocycles. The van der Waals surface area contributed by atoms with Crippen molar-refractivity contribution < 1.29 is 54.7 Å². The van der Waals surface area contributed by atoms with E-state index in [9.17, 15) is 35.7 Å². The predicted molar refractivity (Wildman–Crippen MR) is 119 cm³/mol. The normalized spacial score (nSPS) is 38.7. The van der Waals surface area contributed by atoms with Crippen LogP contribution in [0.4, 0.5) is 0 Å². The van der Waals surface area contributed by atoms with E-state index < -0.39 is 74.6 Å². The Labute approximate surface area is 200 Å². The van der Waals surface area contributed by atoms with Gasteiger partial charge in [-0.3, -0.25) is 0 Å². The third-order valence-electron chi connectivity index (χ3n) is 6.30. The number of aliphatic hydroxyl groups excluding tert-OH is 7. The Balaban J connectivity index is 1.78. The third kappa shape index (κ3) is 8.17. The predicted octanol–water partition coefficient (Wildman–Crippen LogP) is -1.07. The van der Waals surface area contributed by atoms with E-state index in [4.69, 9.17) is 18.9 Å². The van der Waals surface area contributed by atoms with Crippen LogP contribution in [0.25, 0.3) is 0 Å². The molecule has 2 heterocycles. The Morgan fingerprint density at radius 3 is 1.82 bits per heavy atom. The highest BCUT2D eigenvalue weighted by Gasteiger charge is 2.50. The molecule has 11 heteroatoms. The van der Waals surface area contributed by atoms with E-state index in [1.807, 2.05) is 6.08 Å². The second-order valence-corrected chi connectivity index (χ2v) is 8.93. The van der Waals surface area contributed by atoms with Crippen LogP contribution in [-0.2, 0) is 18.9 Å². The van der Waals surface area contributed by atoms with Gasteiger partial charge in [0, 0.05) is 6.61 Å². The van der Waals surface area contributed by atoms with E-state index in [0.29, 0.717) is 6.61 Å². The van der Waals surface area contributed by atoms with Gasteiger partial charge in [0.2, 0.25) is 0 Å². The highest BCUT2D eigenvalue weighted by Crippen LogP contribution is 2.29. The third-order valence-corrected chi connectivity index (χ3v) is 6.30. The molecule has 0 aromatic rings. The van der Waals surface area contributed by atoms with Crippen LogP contribution in [0.1, 0.15) is 51.4 Å². The van der Waals surface area contributed by atoms with E-state index in [0.717, 1.165) is 32.1 Å². The SMILES string of the molecule is C=CCCCCCCCCCOC1OC(CO)C(OC2OC(CO)C(O)C(O)C2O)C(O)C1O. The maximum Gasteiger partial charge on any atom is 0.187 e. The molecule has 10 unspecified atom stereocenters. The summed E-state index contributed by atoms with van der Waals surface area (Å²) in [4.78, 5) is 0. The highest BCUT2D eigenvalue weighted by molar-refractivity contribution is 4.94. The van der Waals surface area contributed by atoms with Gasteiger partial charge >= 0.3 is 0 Å². The van der Waals surface area contributed by atoms with Gasteiger partial charge in [0.1, 0.15) is 48.8 Å². The lowest BCUT2D eigenvalue weighted by molar-refractivity contribution is -0.359. The van der Waals surface area contributed by atoms with Crippen molar-refractivity contribution >= 4 is 0 Å². The van der Waals surface area contributed by atoms with Crippen LogP contribution >= 0.6 is 0 Å². The first kappa shape index (κ1) is 29.5. The van der Waals surface area contributed by atoms with Crippen LogP contribution < -0.4 is 0 Å². The summed E-state index contributed by atoms with van der Waals surface area (Å²) in [5.74, 6) is 0. The molecule has 2 aliphatic rings. The lowest BCUT2D eigenvalue weighted by Gasteiger charge is -2.45. The zero-order valence-electron chi connectivity index (χ0n) is 19.6. The van der Waals surface area contributed by atoms with Gasteiger partial charge in [-0.2, -0.15) is 0 Å². The first-order chi connectivity index (χ1) is 16.3. The average Bonchev–Trinajstić information content (AvgIpc) is 2.84. The van der Waals surface area contributed by atoms with Gasteiger partial charge in [-0.25, -0.2) is 0 Å². The Morgan fingerprint density at radius 1 is 0.647 bits per heavy atom. The second-order valence-electron chi connectivity index (χ2n) is 8.93. The molecule has 2 aliphatic heterocycles. The molecule has 0 amide bonds. The molecule has 11 nitrogen and oxygen atoms in total. The topological polar surface area (TPSA) is 179 Å². The summed E-state index contributed by atoms with van der Waals surface area (Å²) in [5.41, 5.74) is 0. The molecule has 0 radical (unpaired) electrons. The van der Waals surface area contributed by atoms with Crippen LogP contribution in [0, 0.1) is 0 Å². The van der Waals surface area contributed by atoms with Crippen LogP contribution in [0.15, 0.2) is 12.7 Å². The molecular weight excluding hydrogens is 452 g/mol. The summed E-state index contributed by atoms with van der Waals surface area (Å²) in [7, 11) is 0. The smallest absolute Gasteiger partial charge is 0.187 e. The van der Waals surface area contributed by atoms with Crippen molar-refractivity contribution in [1.82, 2.24) is 0 Å². The molecule has 0 bridgehead atoms. The number of hydrogen-bond donors (Lipinski definition) is 7. The maximum absolute atomic E-state index is 10.6. The molecule has 10 atom stereocenters. The van der Waals surface area contributed by atoms with Crippen molar-refractivity contribution in [3.8, 4) is 0 Å². The second kappa shape index (κ2) is 15.4. The fourth-order valence-corrected chi connectivity index (χ4v) is 4.17. The monoisotopic (exact) mass is 494 g/mol. The van der Waals surface area contributed by atoms with Crippen LogP contribution in [-0.4, -0.2) is 117 Å². The molecule has 7 N–H and O–H groups in total. The fraction of sp³-hybridized carbons (Fsp3) is 0.913. The first-order valence-electron chi connectivity index (χ1n) is 12.2. The van der Waals surface area contributed by atoms with Crippen LogP contribution in [0.5, 0.6) is 0 Å². The van der Waals surface area contributed by atoms with E-state index in [-0.39, 0.29) is 0 Å². The number of allylic oxidation sites excluding steroid dienone is 1. The summed E-state index contributed by atoms with van der Waals surface area (Å²) in [6.45, 7) is 2.79. The van der Waals surface area contributed by atoms with E-state index >= 15 is 0 Å². The van der Waals surface area contributed by atoms with Gasteiger partial charge in [-0.15, -0.1) is 6.58 Å². The molecule has 2 saturated heterocycles. The molecule has 34 heavy (non-hydrogen) atoms. The van der Waals surface area contributed by atoms with Crippen molar-refractivity contribution in [3.63, 3.8) is 0 Å². The average molecular weight is 495 g/mol. The van der Waals surface area contributed by atoms with Gasteiger partial charge in [0.15, 0.2) is 12.6 Å². The molecule has 0 spiro atoms. The zero-order valence-corrected chi connectivity index (χ0v) is 19.6. The van der Waals surface area contributed by atoms with Crippen LogP contribution in [0.2, 0.25) is 0 Å². The first-order valence-corrected chi connectivity index (χ1v) is 12.2. The van der Waals surface area contributed by atoms with Crippen LogP contribution in [0.3, 0.4) is 0 Å². The molecule has 2 rings (SSSR count). The van der Waals surface area contributed by atoms with Gasteiger partial charge in [0.25, 0.3) is 0 Å². The summed E-state index contributed by atoms with van der Waals surface area (Å²) in [6, 6.07) is 0. The Hall–Kier alpha value is -0.700. The van der Waals surface area contributed by atoms with Crippen molar-refractivity contribution in [2.24, 2.45) is 0 Å². The van der Waals surface area contributed by atoms with Crippen molar-refractivity contribution in [1.29, 1.82) is 0 Å². The molecule has 0 aromatic heterocycles. The highest BCUT2D eigenvalue weighted by atomic mass is 16.7. The lowest BCUT2D eigenvalue weighted by atomic mass is 9.97. The van der Waals surface area contributed by atoms with Crippen molar-refractivity contribution in [2.45, 2.75) is 113 Å². The zero-order chi connectivity index (χ0) is 25.1. The summed E-state index contributed by atoms with van der Waals surface area (Å²) in [6.07, 6.45) is -3.93. The van der Waals surface area contributed by atoms with Crippen molar-refractivity contribution in [3.05, 3.63) is 12.7 Å². The minimum Gasteiger partial charge on any atom is -0.394 e. The molecule has 0 aliphatic carbocycles. The maximum atomic E-state index is 10.6. The number of hydrogen-bond acceptors (Lipinski definition) is 11. The summed E-state index contributed by atoms with van der Waals surface area (Å²) in [5, 5.41) is 70.0. The van der Waals surface area contributed by atoms with E-state index in [1.54, 1.807) is 0 Å². The summed E-state index contributed by atoms with van der Waals surface area (Å²) >= 11 is 0. The van der Waals surface area contributed by atoms with Gasteiger partial charge in [-0.1, -0.05) is 38.2 Å². The molecule has 2 fully saturated rings. The number of rotatable bonds is 15. The van der Waals surface area contributed by atoms with Gasteiger partial charge in [0.05, 0.1) is 13.2 Å². The molecule has 0 aromatic carbocycles. The van der Waals surface area contributed by atoms with Gasteiger partial charge < -0.3 is 54.7 Å². The summed E-state index contributed by atoms with van der Waals surface area (Å²) < 4.78 is 22.0. The molecular formula is C23H42O11. The minimum atomic E-state index is -1.70. The Kier molecular flexibility index (Phi) is 13.4. The van der Waals surface area contributed by atoms with E-state index in [1.165, 1.54) is 19.3 Å². The number of aliphatic hydroxyl groups is 7. The van der Waals surface area contributed by atoms with Gasteiger partial charge in [-0.05, 0) is 19.3 Å². The molecule has 200 valence electrons. The Bertz CT molecular complexity index is 561. The largest absolute Gasteiger partial charge is 0.394 e. The standard InChI is InChI=1S/C23H42O11/c1-2-3-4-5-6-7-8-9-10-11-31-22-20(30)18(28)21(15(13-25)33-22)34-23-19(29)17(27)16(26)14(12-24)32-23/h2,14-30H,1,3-13H2. The number of unbranched alkanes of at least 4 members (excludes halogenated alkanes) is 7. The van der Waals surface area contributed by atoms with Crippen molar-refractivity contribution in [2.75, 3.05) is 19.8 Å². The lowest BCUT2D eigenvalue weighted by Crippen LogP contribution is -2.64. The minimum absolute atomic E-state index is 0.307. The van der Waals surface area contributed by atoms with E-state index in [2.05, 4.69) is 6.58 Å².